The lowest BCUT2D eigenvalue weighted by Gasteiger charge is -2.40. The van der Waals surface area contributed by atoms with E-state index in [-0.39, 0.29) is 6.71 Å². The van der Waals surface area contributed by atoms with E-state index in [9.17, 15) is 0 Å². The van der Waals surface area contributed by atoms with Crippen LogP contribution in [-0.4, -0.2) is 6.71 Å². The lowest BCUT2D eigenvalue weighted by molar-refractivity contribution is 0.488. The zero-order chi connectivity index (χ0) is 53.1. The van der Waals surface area contributed by atoms with Crippen LogP contribution < -0.4 is 35.8 Å². The Kier molecular flexibility index (Phi) is 10.0. The van der Waals surface area contributed by atoms with E-state index >= 15 is 0 Å². The minimum Gasteiger partial charge on any atom is -0.458 e. The number of ether oxygens (including phenoxy) is 1. The predicted molar refractivity (Wildman–Crippen MR) is 337 cm³/mol. The Morgan fingerprint density at radius 1 is 0.296 bits per heavy atom. The molecule has 17 rings (SSSR count). The Morgan fingerprint density at radius 3 is 1.31 bits per heavy atom. The van der Waals surface area contributed by atoms with Gasteiger partial charge in [0.1, 0.15) is 33.8 Å². The molecule has 2 aromatic heterocycles. The largest absolute Gasteiger partial charge is 0.458 e. The maximum absolute atomic E-state index is 7.14. The number of para-hydroxylation sites is 5. The summed E-state index contributed by atoms with van der Waals surface area (Å²) in [5.74, 6) is 1.64. The summed E-state index contributed by atoms with van der Waals surface area (Å²) in [6.07, 6.45) is 0. The number of hydrogen-bond acceptors (Lipinski definition) is 6. The molecule has 2 aliphatic rings. The molecule has 2 aliphatic heterocycles. The van der Waals surface area contributed by atoms with Crippen molar-refractivity contribution in [1.29, 1.82) is 0 Å². The Bertz CT molecular complexity index is 4910. The van der Waals surface area contributed by atoms with Crippen molar-refractivity contribution in [3.63, 3.8) is 0 Å². The van der Waals surface area contributed by atoms with Crippen LogP contribution in [0.3, 0.4) is 0 Å². The molecule has 81 heavy (non-hydrogen) atoms. The average molecular weight is 1040 g/mol. The Labute approximate surface area is 467 Å². The first-order chi connectivity index (χ1) is 40.1. The van der Waals surface area contributed by atoms with Crippen LogP contribution in [0.25, 0.3) is 76.5 Å². The van der Waals surface area contributed by atoms with Gasteiger partial charge in [0.2, 0.25) is 0 Å². The number of hydrogen-bond donors (Lipinski definition) is 0. The summed E-state index contributed by atoms with van der Waals surface area (Å²) in [6.45, 7) is -0.211. The van der Waals surface area contributed by atoms with Crippen molar-refractivity contribution in [2.75, 3.05) is 14.7 Å². The molecule has 0 N–H and O–H groups in total. The van der Waals surface area contributed by atoms with E-state index in [4.69, 9.17) is 13.6 Å². The Hall–Kier alpha value is -10.8. The molecule has 0 atom stereocenters. The van der Waals surface area contributed by atoms with Crippen LogP contribution in [0.4, 0.5) is 51.2 Å². The molecular weight excluding hydrogens is 990 g/mol. The molecule has 0 saturated heterocycles. The molecule has 0 radical (unpaired) electrons. The second-order valence-corrected chi connectivity index (χ2v) is 21.2. The highest BCUT2D eigenvalue weighted by Gasteiger charge is 2.43. The zero-order valence-corrected chi connectivity index (χ0v) is 43.7. The summed E-state index contributed by atoms with van der Waals surface area (Å²) in [5.41, 5.74) is 18.6. The van der Waals surface area contributed by atoms with Crippen molar-refractivity contribution >= 4 is 140 Å². The van der Waals surface area contributed by atoms with E-state index in [1.807, 2.05) is 0 Å². The minimum absolute atomic E-state index is 0.211. The Balaban J connectivity index is 0.846. The second-order valence-electron chi connectivity index (χ2n) is 21.2. The number of anilines is 9. The number of benzene rings is 13. The summed E-state index contributed by atoms with van der Waals surface area (Å²) >= 11 is 0. The van der Waals surface area contributed by atoms with Crippen LogP contribution in [0.15, 0.2) is 288 Å². The molecule has 0 amide bonds. The first-order valence-electron chi connectivity index (χ1n) is 27.6. The molecule has 0 aliphatic carbocycles. The zero-order valence-electron chi connectivity index (χ0n) is 43.7. The molecule has 15 aromatic rings. The van der Waals surface area contributed by atoms with Crippen LogP contribution in [0.2, 0.25) is 0 Å². The summed E-state index contributed by atoms with van der Waals surface area (Å²) in [6, 6.07) is 99.6. The molecular formula is C74H46BN3O3. The van der Waals surface area contributed by atoms with E-state index in [1.165, 1.54) is 0 Å². The molecule has 0 fully saturated rings. The van der Waals surface area contributed by atoms with Crippen molar-refractivity contribution in [2.45, 2.75) is 0 Å². The third-order valence-electron chi connectivity index (χ3n) is 16.6. The summed E-state index contributed by atoms with van der Waals surface area (Å²) in [7, 11) is 0. The average Bonchev–Trinajstić information content (AvgIpc) is 4.29. The van der Waals surface area contributed by atoms with E-state index in [0.717, 1.165) is 156 Å². The van der Waals surface area contributed by atoms with E-state index < -0.39 is 0 Å². The first-order valence-corrected chi connectivity index (χ1v) is 27.6. The minimum atomic E-state index is -0.211. The fourth-order valence-electron chi connectivity index (χ4n) is 12.9. The molecule has 7 heteroatoms. The molecule has 0 bridgehead atoms. The highest BCUT2D eigenvalue weighted by molar-refractivity contribution is 6.99. The van der Waals surface area contributed by atoms with Gasteiger partial charge < -0.3 is 28.3 Å². The highest BCUT2D eigenvalue weighted by atomic mass is 16.5. The van der Waals surface area contributed by atoms with Crippen molar-refractivity contribution in [3.8, 4) is 22.6 Å². The number of fused-ring (bicyclic) bond motifs is 12. The quantitative estimate of drug-likeness (QED) is 0.141. The summed E-state index contributed by atoms with van der Waals surface area (Å²) in [4.78, 5) is 7.05. The summed E-state index contributed by atoms with van der Waals surface area (Å²) in [5, 5.41) is 8.63. The van der Waals surface area contributed by atoms with Crippen LogP contribution in [0.1, 0.15) is 0 Å². The van der Waals surface area contributed by atoms with Gasteiger partial charge in [0, 0.05) is 72.6 Å². The van der Waals surface area contributed by atoms with Crippen LogP contribution >= 0.6 is 0 Å². The van der Waals surface area contributed by atoms with Crippen LogP contribution in [0.5, 0.6) is 11.5 Å². The molecule has 6 nitrogen and oxygen atoms in total. The van der Waals surface area contributed by atoms with Gasteiger partial charge in [-0.2, -0.15) is 0 Å². The van der Waals surface area contributed by atoms with Crippen LogP contribution in [-0.2, 0) is 0 Å². The van der Waals surface area contributed by atoms with Gasteiger partial charge in [-0.25, -0.2) is 0 Å². The maximum atomic E-state index is 7.14. The van der Waals surface area contributed by atoms with Gasteiger partial charge in [-0.3, -0.25) is 0 Å². The van der Waals surface area contributed by atoms with Gasteiger partial charge in [-0.1, -0.05) is 140 Å². The SMILES string of the molecule is c1ccc(-c2ccccc2N2c3cc4c(cc3B3c5cc6oc7cc8cc(N(c9ccccc9)c9ccccc9)ccc8cc7c6cc5Oc5cccc2c53)oc2cc3cc(N(c5ccccc5)c5ccccc5)ccc3cc24)cc1. The normalized spacial score (nSPS) is 12.5. The molecule has 4 heterocycles. The van der Waals surface area contributed by atoms with Crippen molar-refractivity contribution in [3.05, 3.63) is 279 Å². The number of rotatable bonds is 8. The van der Waals surface area contributed by atoms with Crippen molar-refractivity contribution < 1.29 is 13.6 Å². The third-order valence-corrected chi connectivity index (χ3v) is 16.6. The molecule has 0 unspecified atom stereocenters. The molecule has 0 saturated carbocycles. The smallest absolute Gasteiger partial charge is 0.256 e. The van der Waals surface area contributed by atoms with E-state index in [1.54, 1.807) is 0 Å². The molecule has 378 valence electrons. The van der Waals surface area contributed by atoms with Gasteiger partial charge in [-0.15, -0.1) is 0 Å². The topological polar surface area (TPSA) is 45.2 Å². The number of nitrogens with zero attached hydrogens (tertiary/aromatic N) is 3. The van der Waals surface area contributed by atoms with E-state index in [0.29, 0.717) is 0 Å². The van der Waals surface area contributed by atoms with Crippen LogP contribution in [0, 0.1) is 0 Å². The first kappa shape index (κ1) is 45.3. The molecule has 0 spiro atoms. The van der Waals surface area contributed by atoms with E-state index in [2.05, 4.69) is 294 Å². The van der Waals surface area contributed by atoms with Gasteiger partial charge >= 0.3 is 0 Å². The predicted octanol–water partition coefficient (Wildman–Crippen LogP) is 18.8. The monoisotopic (exact) mass is 1040 g/mol. The van der Waals surface area contributed by atoms with Crippen molar-refractivity contribution in [1.82, 2.24) is 0 Å². The number of furan rings is 2. The molecule has 13 aromatic carbocycles. The second kappa shape index (κ2) is 17.9. The Morgan fingerprint density at radius 2 is 0.753 bits per heavy atom. The summed E-state index contributed by atoms with van der Waals surface area (Å²) < 4.78 is 21.2. The fourth-order valence-corrected chi connectivity index (χ4v) is 12.9. The van der Waals surface area contributed by atoms with Gasteiger partial charge in [-0.05, 0) is 183 Å². The fraction of sp³-hybridized carbons (Fsp3) is 0. The van der Waals surface area contributed by atoms with Crippen molar-refractivity contribution in [2.24, 2.45) is 0 Å². The van der Waals surface area contributed by atoms with Gasteiger partial charge in [0.15, 0.2) is 0 Å². The maximum Gasteiger partial charge on any atom is 0.256 e. The third kappa shape index (κ3) is 7.22. The lowest BCUT2D eigenvalue weighted by atomic mass is 9.34. The highest BCUT2D eigenvalue weighted by Crippen LogP contribution is 2.48. The van der Waals surface area contributed by atoms with Gasteiger partial charge in [0.25, 0.3) is 6.71 Å². The van der Waals surface area contributed by atoms with Gasteiger partial charge in [0.05, 0.1) is 5.69 Å². The lowest BCUT2D eigenvalue weighted by Crippen LogP contribution is -2.59. The standard InChI is InChI=1S/C74H46BN3O3/c1-6-19-47(20-7-1)58-29-16-17-30-65(58)78-66-31-18-32-68-74(66)75(63-45-71-61(43-67(63)78)59-39-48-33-35-56(37-50(48)41-69(59)80-71)76(52-21-8-2-9-22-52)53-23-10-3-11-24-53)64-46-72-62(44-73(64)79-68)60-40-49-34-36-57(38-51(49)42-70(60)81-72)77(54-25-12-4-13-26-54)55-27-14-5-15-28-55/h1-46H.